The van der Waals surface area contributed by atoms with Crippen molar-refractivity contribution >= 4 is 16.9 Å². The Morgan fingerprint density at radius 2 is 1.94 bits per heavy atom. The third kappa shape index (κ3) is 3.61. The Hall–Kier alpha value is -3.49. The number of carbonyl (C=O) groups excluding carboxylic acids is 1. The van der Waals surface area contributed by atoms with E-state index in [1.54, 1.807) is 26.4 Å². The van der Waals surface area contributed by atoms with E-state index in [2.05, 4.69) is 40.5 Å². The molecule has 1 saturated carbocycles. The summed E-state index contributed by atoms with van der Waals surface area (Å²) in [6.45, 7) is 3.39. The molecule has 33 heavy (non-hydrogen) atoms. The summed E-state index contributed by atoms with van der Waals surface area (Å²) >= 11 is 0. The smallest absolute Gasteiger partial charge is 0.253 e. The summed E-state index contributed by atoms with van der Waals surface area (Å²) in [5, 5.41) is 7.41. The first kappa shape index (κ1) is 21.4. The first-order chi connectivity index (χ1) is 16.0. The van der Waals surface area contributed by atoms with E-state index in [-0.39, 0.29) is 5.91 Å². The molecule has 1 aliphatic carbocycles. The number of carbonyl (C=O) groups is 1. The molecule has 0 radical (unpaired) electrons. The molecular formula is C25H27N5O3. The van der Waals surface area contributed by atoms with Gasteiger partial charge in [0, 0.05) is 44.5 Å². The largest absolute Gasteiger partial charge is 0.371 e. The van der Waals surface area contributed by atoms with Gasteiger partial charge in [0.25, 0.3) is 5.91 Å². The van der Waals surface area contributed by atoms with Crippen LogP contribution in [0.3, 0.4) is 0 Å². The lowest BCUT2D eigenvalue weighted by Gasteiger charge is -2.25. The molecule has 2 atom stereocenters. The van der Waals surface area contributed by atoms with Gasteiger partial charge in [-0.15, -0.1) is 0 Å². The highest BCUT2D eigenvalue weighted by atomic mass is 16.6. The van der Waals surface area contributed by atoms with Crippen molar-refractivity contribution in [2.75, 3.05) is 14.2 Å². The van der Waals surface area contributed by atoms with Crippen LogP contribution in [0, 0.1) is 0 Å². The summed E-state index contributed by atoms with van der Waals surface area (Å²) < 4.78 is 15.7. The molecule has 0 spiro atoms. The van der Waals surface area contributed by atoms with Gasteiger partial charge >= 0.3 is 0 Å². The van der Waals surface area contributed by atoms with E-state index >= 15 is 0 Å². The molecule has 0 bridgehead atoms. The van der Waals surface area contributed by atoms with E-state index in [0.29, 0.717) is 18.5 Å². The second-order valence-electron chi connectivity index (χ2n) is 8.39. The zero-order valence-corrected chi connectivity index (χ0v) is 19.0. The fraction of sp³-hybridized carbons (Fsp3) is 0.320. The van der Waals surface area contributed by atoms with Crippen LogP contribution in [0.2, 0.25) is 0 Å². The summed E-state index contributed by atoms with van der Waals surface area (Å²) in [7, 11) is 3.25. The van der Waals surface area contributed by atoms with Crippen molar-refractivity contribution in [3.63, 3.8) is 0 Å². The summed E-state index contributed by atoms with van der Waals surface area (Å²) in [4.78, 5) is 17.4. The van der Waals surface area contributed by atoms with Crippen molar-refractivity contribution in [1.82, 2.24) is 24.6 Å². The number of hydrogen-bond acceptors (Lipinski definition) is 5. The number of hydrogen-bond donors (Lipinski definition) is 1. The van der Waals surface area contributed by atoms with Gasteiger partial charge in [-0.05, 0) is 36.8 Å². The summed E-state index contributed by atoms with van der Waals surface area (Å²) in [6, 6.07) is 15.3. The SMILES string of the molecule is CCn1cc(-c2ccc3c(c2)ncn3C[C@]2(OC)C[C@@]2(NC(=O)c2ccccc2)OC)cn1. The van der Waals surface area contributed by atoms with Gasteiger partial charge in [-0.1, -0.05) is 24.3 Å². The molecule has 0 unspecified atom stereocenters. The maximum absolute atomic E-state index is 12.8. The van der Waals surface area contributed by atoms with Crippen LogP contribution in [-0.2, 0) is 22.6 Å². The van der Waals surface area contributed by atoms with Gasteiger partial charge in [-0.3, -0.25) is 9.48 Å². The van der Waals surface area contributed by atoms with Gasteiger partial charge in [0.1, 0.15) is 5.60 Å². The Bertz CT molecular complexity index is 1300. The zero-order valence-electron chi connectivity index (χ0n) is 19.0. The first-order valence-corrected chi connectivity index (χ1v) is 11.0. The molecule has 2 heterocycles. The fourth-order valence-electron chi connectivity index (χ4n) is 4.49. The van der Waals surface area contributed by atoms with Crippen LogP contribution in [0.1, 0.15) is 23.7 Å². The highest BCUT2D eigenvalue weighted by molar-refractivity contribution is 5.95. The van der Waals surface area contributed by atoms with Gasteiger partial charge < -0.3 is 19.4 Å². The van der Waals surface area contributed by atoms with Crippen molar-refractivity contribution in [3.8, 4) is 11.1 Å². The third-order valence-electron chi connectivity index (χ3n) is 6.57. The first-order valence-electron chi connectivity index (χ1n) is 11.0. The number of ether oxygens (including phenoxy) is 2. The van der Waals surface area contributed by atoms with E-state index in [1.807, 2.05) is 46.2 Å². The number of nitrogens with one attached hydrogen (secondary N) is 1. The van der Waals surface area contributed by atoms with Crippen molar-refractivity contribution in [1.29, 1.82) is 0 Å². The molecule has 170 valence electrons. The second kappa shape index (κ2) is 8.13. The van der Waals surface area contributed by atoms with E-state index in [4.69, 9.17) is 9.47 Å². The Labute approximate surface area is 192 Å². The number of fused-ring (bicyclic) bond motifs is 1. The molecular weight excluding hydrogens is 418 g/mol. The fourth-order valence-corrected chi connectivity index (χ4v) is 4.49. The number of nitrogens with zero attached hydrogens (tertiary/aromatic N) is 4. The van der Waals surface area contributed by atoms with Crippen molar-refractivity contribution in [2.24, 2.45) is 0 Å². The van der Waals surface area contributed by atoms with Gasteiger partial charge in [0.05, 0.1) is 30.1 Å². The second-order valence-corrected chi connectivity index (χ2v) is 8.39. The third-order valence-corrected chi connectivity index (χ3v) is 6.57. The highest BCUT2D eigenvalue weighted by Gasteiger charge is 2.71. The normalized spacial score (nSPS) is 21.9. The predicted molar refractivity (Wildman–Crippen MR) is 125 cm³/mol. The van der Waals surface area contributed by atoms with Crippen LogP contribution in [0.25, 0.3) is 22.2 Å². The minimum atomic E-state index is -0.903. The molecule has 4 aromatic rings. The van der Waals surface area contributed by atoms with E-state index in [9.17, 15) is 4.79 Å². The molecule has 2 aromatic carbocycles. The molecule has 0 aliphatic heterocycles. The minimum absolute atomic E-state index is 0.191. The van der Waals surface area contributed by atoms with Gasteiger partial charge in [0.15, 0.2) is 5.72 Å². The van der Waals surface area contributed by atoms with Crippen LogP contribution >= 0.6 is 0 Å². The molecule has 1 fully saturated rings. The monoisotopic (exact) mass is 445 g/mol. The maximum atomic E-state index is 12.8. The van der Waals surface area contributed by atoms with Gasteiger partial charge in [0.2, 0.25) is 0 Å². The lowest BCUT2D eigenvalue weighted by molar-refractivity contribution is -0.0551. The summed E-state index contributed by atoms with van der Waals surface area (Å²) in [5.41, 5.74) is 3.00. The molecule has 1 amide bonds. The van der Waals surface area contributed by atoms with E-state index in [0.717, 1.165) is 28.7 Å². The Morgan fingerprint density at radius 1 is 1.12 bits per heavy atom. The number of imidazole rings is 1. The Balaban J connectivity index is 1.39. The molecule has 0 saturated heterocycles. The number of rotatable bonds is 8. The van der Waals surface area contributed by atoms with E-state index in [1.165, 1.54) is 0 Å². The molecule has 8 nitrogen and oxygen atoms in total. The van der Waals surface area contributed by atoms with E-state index < -0.39 is 11.3 Å². The predicted octanol–water partition coefficient (Wildman–Crippen LogP) is 3.48. The lowest BCUT2D eigenvalue weighted by Crippen LogP contribution is -2.47. The molecule has 1 N–H and O–H groups in total. The van der Waals surface area contributed by atoms with Crippen LogP contribution in [0.15, 0.2) is 67.3 Å². The Morgan fingerprint density at radius 3 is 2.64 bits per heavy atom. The number of aromatic nitrogens is 4. The van der Waals surface area contributed by atoms with Crippen LogP contribution in [0.4, 0.5) is 0 Å². The highest BCUT2D eigenvalue weighted by Crippen LogP contribution is 2.52. The van der Waals surface area contributed by atoms with Crippen molar-refractivity contribution in [2.45, 2.75) is 37.8 Å². The van der Waals surface area contributed by atoms with Crippen LogP contribution in [0.5, 0.6) is 0 Å². The topological polar surface area (TPSA) is 83.2 Å². The standard InChI is InChI=1S/C25H27N5O3/c1-4-30-14-20(13-27-30)19-10-11-22-21(12-19)26-17-29(22)16-24(32-2)15-25(24,33-3)28-23(31)18-8-6-5-7-9-18/h5-14,17H,4,15-16H2,1-3H3,(H,28,31)/t24-,25-/m1/s1. The van der Waals surface area contributed by atoms with Crippen LogP contribution in [-0.4, -0.2) is 50.8 Å². The lowest BCUT2D eigenvalue weighted by atomic mass is 10.1. The molecule has 2 aromatic heterocycles. The van der Waals surface area contributed by atoms with Gasteiger partial charge in [-0.2, -0.15) is 5.10 Å². The number of aryl methyl sites for hydroxylation is 1. The maximum Gasteiger partial charge on any atom is 0.253 e. The number of amides is 1. The Kier molecular flexibility index (Phi) is 5.26. The van der Waals surface area contributed by atoms with Crippen molar-refractivity contribution < 1.29 is 14.3 Å². The average molecular weight is 446 g/mol. The summed E-state index contributed by atoms with van der Waals surface area (Å²) in [6.07, 6.45) is 6.25. The number of benzene rings is 2. The molecule has 8 heteroatoms. The van der Waals surface area contributed by atoms with Gasteiger partial charge in [-0.25, -0.2) is 4.98 Å². The zero-order chi connectivity index (χ0) is 23.1. The minimum Gasteiger partial charge on any atom is -0.371 e. The quantitative estimate of drug-likeness (QED) is 0.420. The molecule has 1 aliphatic rings. The average Bonchev–Trinajstić information content (AvgIpc) is 3.16. The summed E-state index contributed by atoms with van der Waals surface area (Å²) in [5.74, 6) is -0.191. The van der Waals surface area contributed by atoms with Crippen LogP contribution < -0.4 is 5.32 Å². The number of methoxy groups -OCH3 is 2. The molecule has 5 rings (SSSR count). The van der Waals surface area contributed by atoms with Crippen molar-refractivity contribution in [3.05, 3.63) is 72.8 Å².